The van der Waals surface area contributed by atoms with Crippen molar-refractivity contribution in [2.45, 2.75) is 64.3 Å². The van der Waals surface area contributed by atoms with Gasteiger partial charge in [0.1, 0.15) is 0 Å². The maximum atomic E-state index is 5.76. The molecule has 1 aliphatic carbocycles. The lowest BCUT2D eigenvalue weighted by atomic mass is 9.83. The van der Waals surface area contributed by atoms with Gasteiger partial charge < -0.3 is 11.1 Å². The van der Waals surface area contributed by atoms with Crippen LogP contribution in [-0.4, -0.2) is 19.1 Å². The van der Waals surface area contributed by atoms with Crippen LogP contribution in [0.1, 0.15) is 58.3 Å². The lowest BCUT2D eigenvalue weighted by Gasteiger charge is -2.26. The molecule has 0 bridgehead atoms. The van der Waals surface area contributed by atoms with Gasteiger partial charge in [-0.15, -0.1) is 0 Å². The Bertz CT molecular complexity index is 143. The topological polar surface area (TPSA) is 38.0 Å². The van der Waals surface area contributed by atoms with Crippen molar-refractivity contribution in [1.29, 1.82) is 0 Å². The molecule has 1 saturated carbocycles. The molecule has 1 unspecified atom stereocenters. The Morgan fingerprint density at radius 3 is 2.67 bits per heavy atom. The third-order valence-corrected chi connectivity index (χ3v) is 3.65. The first-order chi connectivity index (χ1) is 7.36. The summed E-state index contributed by atoms with van der Waals surface area (Å²) in [6.07, 6.45) is 11.0. The highest BCUT2D eigenvalue weighted by Crippen LogP contribution is 2.28. The molecule has 0 radical (unpaired) electrons. The minimum atomic E-state index is 0.566. The molecule has 0 saturated heterocycles. The normalized spacial score (nSPS) is 18.8. The number of nitrogens with two attached hydrogens (primary N) is 1. The van der Waals surface area contributed by atoms with Crippen LogP contribution in [0.4, 0.5) is 0 Å². The van der Waals surface area contributed by atoms with Crippen LogP contribution >= 0.6 is 0 Å². The summed E-state index contributed by atoms with van der Waals surface area (Å²) in [4.78, 5) is 0. The molecule has 0 aromatic rings. The molecule has 1 rings (SSSR count). The summed E-state index contributed by atoms with van der Waals surface area (Å²) in [6.45, 7) is 4.23. The Morgan fingerprint density at radius 1 is 1.33 bits per heavy atom. The highest BCUT2D eigenvalue weighted by molar-refractivity contribution is 4.73. The average molecular weight is 212 g/mol. The highest BCUT2D eigenvalue weighted by Gasteiger charge is 2.16. The van der Waals surface area contributed by atoms with E-state index in [0.717, 1.165) is 12.5 Å². The Labute approximate surface area is 95.0 Å². The summed E-state index contributed by atoms with van der Waals surface area (Å²) in [5, 5.41) is 3.60. The molecule has 1 atom stereocenters. The quantitative estimate of drug-likeness (QED) is 0.577. The van der Waals surface area contributed by atoms with E-state index in [1.54, 1.807) is 0 Å². The van der Waals surface area contributed by atoms with Gasteiger partial charge >= 0.3 is 0 Å². The van der Waals surface area contributed by atoms with Gasteiger partial charge in [-0.25, -0.2) is 0 Å². The van der Waals surface area contributed by atoms with Crippen molar-refractivity contribution in [2.24, 2.45) is 11.7 Å². The number of hydrogen-bond donors (Lipinski definition) is 2. The Hall–Kier alpha value is -0.0800. The molecule has 2 heteroatoms. The maximum absolute atomic E-state index is 5.76. The van der Waals surface area contributed by atoms with Crippen LogP contribution in [-0.2, 0) is 0 Å². The van der Waals surface area contributed by atoms with Crippen LogP contribution in [0.15, 0.2) is 0 Å². The summed E-state index contributed by atoms with van der Waals surface area (Å²) >= 11 is 0. The molecule has 0 spiro atoms. The predicted octanol–water partition coefficient (Wildman–Crippen LogP) is 2.67. The van der Waals surface area contributed by atoms with E-state index < -0.39 is 0 Å². The maximum Gasteiger partial charge on any atom is 0.0190 e. The van der Waals surface area contributed by atoms with E-state index in [2.05, 4.69) is 12.2 Å². The Morgan fingerprint density at radius 2 is 2.13 bits per heavy atom. The Balaban J connectivity index is 1.94. The van der Waals surface area contributed by atoms with Crippen LogP contribution in [0, 0.1) is 5.92 Å². The van der Waals surface area contributed by atoms with E-state index in [0.29, 0.717) is 6.04 Å². The lowest BCUT2D eigenvalue weighted by molar-refractivity contribution is 0.286. The third-order valence-electron chi connectivity index (χ3n) is 3.65. The fraction of sp³-hybridized carbons (Fsp3) is 1.00. The van der Waals surface area contributed by atoms with Gasteiger partial charge in [0, 0.05) is 12.6 Å². The smallest absolute Gasteiger partial charge is 0.0190 e. The molecule has 1 fully saturated rings. The SMILES string of the molecule is CCCCCC(CN)NCCC1CCC1. The van der Waals surface area contributed by atoms with Crippen LogP contribution in [0.3, 0.4) is 0 Å². The van der Waals surface area contributed by atoms with Crippen molar-refractivity contribution >= 4 is 0 Å². The molecule has 3 N–H and O–H groups in total. The summed E-state index contributed by atoms with van der Waals surface area (Å²) in [7, 11) is 0. The fourth-order valence-corrected chi connectivity index (χ4v) is 2.22. The molecule has 15 heavy (non-hydrogen) atoms. The molecule has 1 aliphatic rings. The highest BCUT2D eigenvalue weighted by atomic mass is 14.9. The van der Waals surface area contributed by atoms with Gasteiger partial charge in [0.05, 0.1) is 0 Å². The second kappa shape index (κ2) is 8.12. The van der Waals surface area contributed by atoms with Crippen molar-refractivity contribution in [3.05, 3.63) is 0 Å². The van der Waals surface area contributed by atoms with Crippen molar-refractivity contribution in [2.75, 3.05) is 13.1 Å². The van der Waals surface area contributed by atoms with Crippen molar-refractivity contribution in [3.8, 4) is 0 Å². The molecule has 0 amide bonds. The first-order valence-electron chi connectivity index (χ1n) is 6.80. The second-order valence-electron chi connectivity index (χ2n) is 4.97. The van der Waals surface area contributed by atoms with Gasteiger partial charge in [-0.1, -0.05) is 45.4 Å². The van der Waals surface area contributed by atoms with Gasteiger partial charge in [0.15, 0.2) is 0 Å². The van der Waals surface area contributed by atoms with Gasteiger partial charge in [-0.05, 0) is 25.3 Å². The molecule has 2 nitrogen and oxygen atoms in total. The Kier molecular flexibility index (Phi) is 7.03. The van der Waals surface area contributed by atoms with Gasteiger partial charge in [0.25, 0.3) is 0 Å². The number of rotatable bonds is 9. The minimum Gasteiger partial charge on any atom is -0.329 e. The van der Waals surface area contributed by atoms with Crippen LogP contribution in [0.25, 0.3) is 0 Å². The van der Waals surface area contributed by atoms with Gasteiger partial charge in [-0.3, -0.25) is 0 Å². The fourth-order valence-electron chi connectivity index (χ4n) is 2.22. The first kappa shape index (κ1) is 13.0. The van der Waals surface area contributed by atoms with E-state index in [4.69, 9.17) is 5.73 Å². The molecule has 0 aromatic carbocycles. The van der Waals surface area contributed by atoms with Gasteiger partial charge in [0.2, 0.25) is 0 Å². The monoisotopic (exact) mass is 212 g/mol. The van der Waals surface area contributed by atoms with Crippen LogP contribution in [0.2, 0.25) is 0 Å². The molecular weight excluding hydrogens is 184 g/mol. The summed E-state index contributed by atoms with van der Waals surface area (Å²) < 4.78 is 0. The summed E-state index contributed by atoms with van der Waals surface area (Å²) in [6, 6.07) is 0.566. The standard InChI is InChI=1S/C13H28N2/c1-2-3-4-8-13(11-14)15-10-9-12-6-5-7-12/h12-13,15H,2-11,14H2,1H3. The zero-order valence-corrected chi connectivity index (χ0v) is 10.3. The zero-order valence-electron chi connectivity index (χ0n) is 10.3. The van der Waals surface area contributed by atoms with Crippen LogP contribution < -0.4 is 11.1 Å². The summed E-state index contributed by atoms with van der Waals surface area (Å²) in [5.41, 5.74) is 5.76. The van der Waals surface area contributed by atoms with Crippen molar-refractivity contribution < 1.29 is 0 Å². The third kappa shape index (κ3) is 5.53. The molecule has 0 aliphatic heterocycles. The van der Waals surface area contributed by atoms with E-state index in [1.807, 2.05) is 0 Å². The predicted molar refractivity (Wildman–Crippen MR) is 66.9 cm³/mol. The second-order valence-corrected chi connectivity index (χ2v) is 4.97. The largest absolute Gasteiger partial charge is 0.329 e. The summed E-state index contributed by atoms with van der Waals surface area (Å²) in [5.74, 6) is 1.02. The van der Waals surface area contributed by atoms with Crippen LogP contribution in [0.5, 0.6) is 0 Å². The first-order valence-corrected chi connectivity index (χ1v) is 6.80. The lowest BCUT2D eigenvalue weighted by Crippen LogP contribution is -2.37. The van der Waals surface area contributed by atoms with E-state index in [-0.39, 0.29) is 0 Å². The molecular formula is C13H28N2. The molecule has 90 valence electrons. The number of hydrogen-bond acceptors (Lipinski definition) is 2. The number of unbranched alkanes of at least 4 members (excludes halogenated alkanes) is 2. The van der Waals surface area contributed by atoms with Gasteiger partial charge in [-0.2, -0.15) is 0 Å². The van der Waals surface area contributed by atoms with Crippen molar-refractivity contribution in [3.63, 3.8) is 0 Å². The average Bonchev–Trinajstić information content (AvgIpc) is 2.19. The van der Waals surface area contributed by atoms with E-state index >= 15 is 0 Å². The van der Waals surface area contributed by atoms with Crippen molar-refractivity contribution in [1.82, 2.24) is 5.32 Å². The molecule has 0 aromatic heterocycles. The molecule has 0 heterocycles. The minimum absolute atomic E-state index is 0.566. The van der Waals surface area contributed by atoms with E-state index in [1.165, 1.54) is 57.9 Å². The zero-order chi connectivity index (χ0) is 10.9. The number of nitrogens with one attached hydrogen (secondary N) is 1. The van der Waals surface area contributed by atoms with E-state index in [9.17, 15) is 0 Å².